The topological polar surface area (TPSA) is 20.2 Å². The van der Waals surface area contributed by atoms with E-state index in [1.165, 1.54) is 24.8 Å². The van der Waals surface area contributed by atoms with Crippen molar-refractivity contribution in [1.82, 2.24) is 0 Å². The van der Waals surface area contributed by atoms with Crippen LogP contribution < -0.4 is 0 Å². The van der Waals surface area contributed by atoms with Crippen molar-refractivity contribution in [2.75, 3.05) is 0 Å². The highest BCUT2D eigenvalue weighted by atomic mass is 16.3. The average Bonchev–Trinajstić information content (AvgIpc) is 2.41. The maximum atomic E-state index is 10.7. The monoisotopic (exact) mass is 246 g/mol. The molecule has 0 aromatic heterocycles. The number of rotatable bonds is 3. The predicted octanol–water partition coefficient (Wildman–Crippen LogP) is 4.35. The molecule has 1 heteroatoms. The first-order valence-corrected chi connectivity index (χ1v) is 7.39. The van der Waals surface area contributed by atoms with Gasteiger partial charge in [0.25, 0.3) is 0 Å². The van der Waals surface area contributed by atoms with Gasteiger partial charge in [-0.3, -0.25) is 0 Å². The van der Waals surface area contributed by atoms with Gasteiger partial charge in [-0.15, -0.1) is 0 Å². The molecule has 1 aromatic rings. The zero-order valence-electron chi connectivity index (χ0n) is 11.9. The zero-order chi connectivity index (χ0) is 13.1. The lowest BCUT2D eigenvalue weighted by Crippen LogP contribution is -2.25. The van der Waals surface area contributed by atoms with Crippen LogP contribution in [-0.2, 0) is 6.42 Å². The fourth-order valence-electron chi connectivity index (χ4n) is 3.27. The van der Waals surface area contributed by atoms with Gasteiger partial charge in [0, 0.05) is 0 Å². The van der Waals surface area contributed by atoms with E-state index in [0.717, 1.165) is 23.8 Å². The van der Waals surface area contributed by atoms with E-state index < -0.39 is 0 Å². The van der Waals surface area contributed by atoms with E-state index in [9.17, 15) is 5.11 Å². The molecule has 4 atom stereocenters. The lowest BCUT2D eigenvalue weighted by atomic mass is 9.72. The van der Waals surface area contributed by atoms with Crippen LogP contribution in [0.1, 0.15) is 57.3 Å². The molecular formula is C17H26O. The van der Waals surface area contributed by atoms with Crippen LogP contribution in [0.2, 0.25) is 0 Å². The van der Waals surface area contributed by atoms with Gasteiger partial charge in [-0.05, 0) is 48.1 Å². The van der Waals surface area contributed by atoms with Crippen molar-refractivity contribution in [1.29, 1.82) is 0 Å². The molecule has 18 heavy (non-hydrogen) atoms. The van der Waals surface area contributed by atoms with Crippen LogP contribution >= 0.6 is 0 Å². The molecule has 2 rings (SSSR count). The van der Waals surface area contributed by atoms with Gasteiger partial charge < -0.3 is 5.11 Å². The minimum Gasteiger partial charge on any atom is -0.388 e. The number of hydrogen-bond acceptors (Lipinski definition) is 1. The largest absolute Gasteiger partial charge is 0.388 e. The zero-order valence-corrected chi connectivity index (χ0v) is 11.9. The molecule has 1 nitrogen and oxygen atoms in total. The molecule has 0 saturated heterocycles. The SMILES string of the molecule is CCc1ccccc1C(O)C1CCC(C)C(C)C1. The lowest BCUT2D eigenvalue weighted by Gasteiger charge is -2.35. The standard InChI is InChI=1S/C17H26O/c1-4-14-7-5-6-8-16(14)17(18)15-10-9-12(2)13(3)11-15/h5-8,12-13,15,17-18H,4,9-11H2,1-3H3. The molecule has 1 aliphatic carbocycles. The first kappa shape index (κ1) is 13.6. The van der Waals surface area contributed by atoms with Crippen LogP contribution in [-0.4, -0.2) is 5.11 Å². The van der Waals surface area contributed by atoms with Crippen molar-refractivity contribution in [2.24, 2.45) is 17.8 Å². The van der Waals surface area contributed by atoms with E-state index >= 15 is 0 Å². The van der Waals surface area contributed by atoms with Crippen LogP contribution in [0.4, 0.5) is 0 Å². The molecule has 4 unspecified atom stereocenters. The normalized spacial score (nSPS) is 30.1. The smallest absolute Gasteiger partial charge is 0.0820 e. The van der Waals surface area contributed by atoms with E-state index in [4.69, 9.17) is 0 Å². The first-order valence-electron chi connectivity index (χ1n) is 7.39. The van der Waals surface area contributed by atoms with Gasteiger partial charge in [-0.25, -0.2) is 0 Å². The first-order chi connectivity index (χ1) is 8.63. The van der Waals surface area contributed by atoms with Crippen LogP contribution in [0.5, 0.6) is 0 Å². The molecule has 1 fully saturated rings. The molecular weight excluding hydrogens is 220 g/mol. The second-order valence-corrected chi connectivity index (χ2v) is 6.02. The second-order valence-electron chi connectivity index (χ2n) is 6.02. The van der Waals surface area contributed by atoms with Gasteiger partial charge in [-0.2, -0.15) is 0 Å². The fraction of sp³-hybridized carbons (Fsp3) is 0.647. The van der Waals surface area contributed by atoms with Gasteiger partial charge in [0.1, 0.15) is 0 Å². The Labute approximate surface area is 111 Å². The van der Waals surface area contributed by atoms with Crippen molar-refractivity contribution in [2.45, 2.75) is 52.6 Å². The molecule has 0 spiro atoms. The summed E-state index contributed by atoms with van der Waals surface area (Å²) >= 11 is 0. The van der Waals surface area contributed by atoms with Crippen molar-refractivity contribution in [3.63, 3.8) is 0 Å². The second kappa shape index (κ2) is 5.88. The van der Waals surface area contributed by atoms with Gasteiger partial charge in [0.2, 0.25) is 0 Å². The summed E-state index contributed by atoms with van der Waals surface area (Å²) in [5.74, 6) is 2.01. The number of benzene rings is 1. The average molecular weight is 246 g/mol. The third kappa shape index (κ3) is 2.77. The highest BCUT2D eigenvalue weighted by molar-refractivity contribution is 5.29. The Morgan fingerprint density at radius 2 is 1.89 bits per heavy atom. The third-order valence-corrected chi connectivity index (χ3v) is 4.84. The summed E-state index contributed by atoms with van der Waals surface area (Å²) in [6.07, 6.45) is 4.34. The van der Waals surface area contributed by atoms with Crippen LogP contribution in [0, 0.1) is 17.8 Å². The van der Waals surface area contributed by atoms with E-state index in [-0.39, 0.29) is 6.10 Å². The minimum absolute atomic E-state index is 0.268. The molecule has 0 aliphatic heterocycles. The Kier molecular flexibility index (Phi) is 4.45. The third-order valence-electron chi connectivity index (χ3n) is 4.84. The van der Waals surface area contributed by atoms with E-state index in [1.807, 2.05) is 6.07 Å². The molecule has 0 amide bonds. The quantitative estimate of drug-likeness (QED) is 0.840. The summed E-state index contributed by atoms with van der Waals surface area (Å²) in [6.45, 7) is 6.83. The molecule has 1 N–H and O–H groups in total. The molecule has 1 aromatic carbocycles. The minimum atomic E-state index is -0.268. The fourth-order valence-corrected chi connectivity index (χ4v) is 3.27. The molecule has 0 heterocycles. The van der Waals surface area contributed by atoms with Gasteiger partial charge >= 0.3 is 0 Å². The van der Waals surface area contributed by atoms with Crippen LogP contribution in [0.25, 0.3) is 0 Å². The molecule has 0 bridgehead atoms. The molecule has 1 aliphatic rings. The van der Waals surface area contributed by atoms with Gasteiger partial charge in [0.15, 0.2) is 0 Å². The molecule has 100 valence electrons. The summed E-state index contributed by atoms with van der Waals surface area (Å²) in [6, 6.07) is 8.37. The number of hydrogen-bond donors (Lipinski definition) is 1. The molecule has 1 saturated carbocycles. The Hall–Kier alpha value is -0.820. The summed E-state index contributed by atoms with van der Waals surface area (Å²) in [4.78, 5) is 0. The predicted molar refractivity (Wildman–Crippen MR) is 76.4 cm³/mol. The Bertz CT molecular complexity index is 385. The van der Waals surface area contributed by atoms with Crippen molar-refractivity contribution < 1.29 is 5.11 Å². The Morgan fingerprint density at radius 1 is 1.17 bits per heavy atom. The summed E-state index contributed by atoms with van der Waals surface area (Å²) < 4.78 is 0. The van der Waals surface area contributed by atoms with Crippen LogP contribution in [0.3, 0.4) is 0 Å². The van der Waals surface area contributed by atoms with Gasteiger partial charge in [0.05, 0.1) is 6.10 Å². The summed E-state index contributed by atoms with van der Waals surface area (Å²) in [5.41, 5.74) is 2.46. The van der Waals surface area contributed by atoms with E-state index in [2.05, 4.69) is 39.0 Å². The van der Waals surface area contributed by atoms with Crippen molar-refractivity contribution >= 4 is 0 Å². The lowest BCUT2D eigenvalue weighted by molar-refractivity contribution is 0.0555. The molecule has 0 radical (unpaired) electrons. The summed E-state index contributed by atoms with van der Waals surface area (Å²) in [7, 11) is 0. The van der Waals surface area contributed by atoms with E-state index in [1.54, 1.807) is 0 Å². The van der Waals surface area contributed by atoms with E-state index in [0.29, 0.717) is 5.92 Å². The highest BCUT2D eigenvalue weighted by Gasteiger charge is 2.30. The van der Waals surface area contributed by atoms with Gasteiger partial charge in [-0.1, -0.05) is 51.5 Å². The Balaban J connectivity index is 2.13. The Morgan fingerprint density at radius 3 is 2.56 bits per heavy atom. The number of aliphatic hydroxyl groups excluding tert-OH is 1. The maximum Gasteiger partial charge on any atom is 0.0820 e. The maximum absolute atomic E-state index is 10.7. The van der Waals surface area contributed by atoms with Crippen molar-refractivity contribution in [3.05, 3.63) is 35.4 Å². The summed E-state index contributed by atoms with van der Waals surface area (Å²) in [5, 5.41) is 10.7. The number of aliphatic hydroxyl groups is 1. The van der Waals surface area contributed by atoms with Crippen molar-refractivity contribution in [3.8, 4) is 0 Å². The van der Waals surface area contributed by atoms with Crippen LogP contribution in [0.15, 0.2) is 24.3 Å². The number of aryl methyl sites for hydroxylation is 1. The highest BCUT2D eigenvalue weighted by Crippen LogP contribution is 2.40.